The molecule has 0 aliphatic carbocycles. The van der Waals surface area contributed by atoms with Gasteiger partial charge in [0.2, 0.25) is 0 Å². The summed E-state index contributed by atoms with van der Waals surface area (Å²) < 4.78 is 1.68. The van der Waals surface area contributed by atoms with Gasteiger partial charge in [0.1, 0.15) is 0 Å². The van der Waals surface area contributed by atoms with Crippen molar-refractivity contribution >= 4 is 22.7 Å². The zero-order chi connectivity index (χ0) is 18.2. The molecule has 0 radical (unpaired) electrons. The van der Waals surface area contributed by atoms with E-state index in [4.69, 9.17) is 4.98 Å². The van der Waals surface area contributed by atoms with Crippen LogP contribution in [0.3, 0.4) is 0 Å². The Labute approximate surface area is 151 Å². The molecule has 130 valence electrons. The van der Waals surface area contributed by atoms with E-state index >= 15 is 0 Å². The van der Waals surface area contributed by atoms with Gasteiger partial charge in [0, 0.05) is 5.75 Å². The number of benzene rings is 2. The molecule has 0 amide bonds. The SMILES string of the molecule is Cc1cccc(C)c1-n1c(SCC(C)(C)O)nc2ccccc2c1=O. The van der Waals surface area contributed by atoms with E-state index in [-0.39, 0.29) is 5.56 Å². The lowest BCUT2D eigenvalue weighted by atomic mass is 10.1. The maximum atomic E-state index is 13.2. The number of aromatic nitrogens is 2. The maximum Gasteiger partial charge on any atom is 0.266 e. The third kappa shape index (κ3) is 3.62. The first-order chi connectivity index (χ1) is 11.8. The number of hydrogen-bond acceptors (Lipinski definition) is 4. The van der Waals surface area contributed by atoms with Crippen LogP contribution in [0.4, 0.5) is 0 Å². The van der Waals surface area contributed by atoms with Gasteiger partial charge in [-0.1, -0.05) is 42.1 Å². The highest BCUT2D eigenvalue weighted by molar-refractivity contribution is 7.99. The zero-order valence-corrected chi connectivity index (χ0v) is 15.7. The first-order valence-electron chi connectivity index (χ1n) is 8.21. The molecule has 0 aliphatic rings. The number of nitrogens with zero attached hydrogens (tertiary/aromatic N) is 2. The second-order valence-corrected chi connectivity index (χ2v) is 7.84. The monoisotopic (exact) mass is 354 g/mol. The van der Waals surface area contributed by atoms with Crippen LogP contribution in [-0.2, 0) is 0 Å². The average Bonchev–Trinajstić information content (AvgIpc) is 2.54. The Kier molecular flexibility index (Phi) is 4.71. The first-order valence-corrected chi connectivity index (χ1v) is 9.20. The molecule has 0 fully saturated rings. The highest BCUT2D eigenvalue weighted by atomic mass is 32.2. The number of aliphatic hydroxyl groups is 1. The maximum absolute atomic E-state index is 13.2. The van der Waals surface area contributed by atoms with Crippen LogP contribution >= 0.6 is 11.8 Å². The van der Waals surface area contributed by atoms with Gasteiger partial charge in [0.15, 0.2) is 5.16 Å². The molecule has 0 saturated carbocycles. The second kappa shape index (κ2) is 6.65. The predicted octanol–water partition coefficient (Wildman–Crippen LogP) is 3.87. The topological polar surface area (TPSA) is 55.1 Å². The molecule has 0 bridgehead atoms. The molecule has 0 unspecified atom stereocenters. The van der Waals surface area contributed by atoms with E-state index in [1.165, 1.54) is 11.8 Å². The molecule has 0 aliphatic heterocycles. The molecule has 3 aromatic rings. The summed E-state index contributed by atoms with van der Waals surface area (Å²) in [6, 6.07) is 13.4. The summed E-state index contributed by atoms with van der Waals surface area (Å²) in [5, 5.41) is 11.3. The van der Waals surface area contributed by atoms with Crippen molar-refractivity contribution in [3.8, 4) is 5.69 Å². The van der Waals surface area contributed by atoms with E-state index in [1.807, 2.05) is 50.2 Å². The van der Waals surface area contributed by atoms with Gasteiger partial charge in [-0.25, -0.2) is 4.98 Å². The summed E-state index contributed by atoms with van der Waals surface area (Å²) in [6.45, 7) is 7.49. The smallest absolute Gasteiger partial charge is 0.266 e. The van der Waals surface area contributed by atoms with Crippen LogP contribution in [0, 0.1) is 13.8 Å². The third-order valence-corrected chi connectivity index (χ3v) is 5.35. The number of hydrogen-bond donors (Lipinski definition) is 1. The molecular formula is C20H22N2O2S. The van der Waals surface area contributed by atoms with Crippen molar-refractivity contribution in [3.05, 3.63) is 63.9 Å². The van der Waals surface area contributed by atoms with Crippen LogP contribution < -0.4 is 5.56 Å². The van der Waals surface area contributed by atoms with Crippen LogP contribution in [0.15, 0.2) is 52.4 Å². The minimum absolute atomic E-state index is 0.0822. The molecule has 0 spiro atoms. The summed E-state index contributed by atoms with van der Waals surface area (Å²) >= 11 is 1.40. The summed E-state index contributed by atoms with van der Waals surface area (Å²) in [7, 11) is 0. The van der Waals surface area contributed by atoms with Crippen molar-refractivity contribution in [2.45, 2.75) is 38.5 Å². The molecular weight excluding hydrogens is 332 g/mol. The Morgan fingerprint density at radius 2 is 1.72 bits per heavy atom. The number of fused-ring (bicyclic) bond motifs is 1. The van der Waals surface area contributed by atoms with Gasteiger partial charge in [-0.05, 0) is 51.0 Å². The Morgan fingerprint density at radius 3 is 2.36 bits per heavy atom. The predicted molar refractivity (Wildman–Crippen MR) is 104 cm³/mol. The quantitative estimate of drug-likeness (QED) is 0.571. The second-order valence-electron chi connectivity index (χ2n) is 6.89. The third-order valence-electron chi connectivity index (χ3n) is 3.96. The van der Waals surface area contributed by atoms with Crippen molar-refractivity contribution in [2.24, 2.45) is 0 Å². The fourth-order valence-corrected chi connectivity index (χ4v) is 3.75. The van der Waals surface area contributed by atoms with Gasteiger partial charge in [-0.15, -0.1) is 0 Å². The first kappa shape index (κ1) is 17.7. The van der Waals surface area contributed by atoms with Crippen molar-refractivity contribution in [1.29, 1.82) is 0 Å². The number of rotatable bonds is 4. The summed E-state index contributed by atoms with van der Waals surface area (Å²) in [6.07, 6.45) is 0. The molecule has 3 rings (SSSR count). The largest absolute Gasteiger partial charge is 0.390 e. The number of aryl methyl sites for hydroxylation is 2. The zero-order valence-electron chi connectivity index (χ0n) is 14.9. The molecule has 1 N–H and O–H groups in total. The van der Waals surface area contributed by atoms with Crippen LogP contribution in [0.25, 0.3) is 16.6 Å². The summed E-state index contributed by atoms with van der Waals surface area (Å²) in [4.78, 5) is 17.9. The van der Waals surface area contributed by atoms with Crippen LogP contribution in [0.5, 0.6) is 0 Å². The van der Waals surface area contributed by atoms with Gasteiger partial charge in [0.05, 0.1) is 22.2 Å². The highest BCUT2D eigenvalue weighted by Gasteiger charge is 2.19. The van der Waals surface area contributed by atoms with E-state index in [2.05, 4.69) is 0 Å². The van der Waals surface area contributed by atoms with Crippen molar-refractivity contribution in [1.82, 2.24) is 9.55 Å². The number of para-hydroxylation sites is 2. The summed E-state index contributed by atoms with van der Waals surface area (Å²) in [5.41, 5.74) is 2.65. The minimum Gasteiger partial charge on any atom is -0.390 e. The molecule has 0 atom stereocenters. The van der Waals surface area contributed by atoms with Gasteiger partial charge in [0.25, 0.3) is 5.56 Å². The average molecular weight is 354 g/mol. The fourth-order valence-electron chi connectivity index (χ4n) is 2.81. The molecule has 1 aromatic heterocycles. The fraction of sp³-hybridized carbons (Fsp3) is 0.300. The van der Waals surface area contributed by atoms with Gasteiger partial charge >= 0.3 is 0 Å². The number of thioether (sulfide) groups is 1. The van der Waals surface area contributed by atoms with Crippen LogP contribution in [0.2, 0.25) is 0 Å². The van der Waals surface area contributed by atoms with Crippen LogP contribution in [-0.4, -0.2) is 26.0 Å². The normalized spacial score (nSPS) is 11.9. The molecule has 5 heteroatoms. The Bertz CT molecular complexity index is 967. The molecule has 25 heavy (non-hydrogen) atoms. The van der Waals surface area contributed by atoms with Crippen molar-refractivity contribution < 1.29 is 5.11 Å². The Hall–Kier alpha value is -2.11. The molecule has 1 heterocycles. The lowest BCUT2D eigenvalue weighted by Crippen LogP contribution is -2.26. The Morgan fingerprint density at radius 1 is 1.08 bits per heavy atom. The summed E-state index contributed by atoms with van der Waals surface area (Å²) in [5.74, 6) is 0.447. The Balaban J connectivity index is 2.31. The molecule has 4 nitrogen and oxygen atoms in total. The van der Waals surface area contributed by atoms with Gasteiger partial charge < -0.3 is 5.11 Å². The highest BCUT2D eigenvalue weighted by Crippen LogP contribution is 2.27. The van der Waals surface area contributed by atoms with Crippen LogP contribution in [0.1, 0.15) is 25.0 Å². The minimum atomic E-state index is -0.848. The van der Waals surface area contributed by atoms with E-state index in [1.54, 1.807) is 24.5 Å². The van der Waals surface area contributed by atoms with Crippen molar-refractivity contribution in [3.63, 3.8) is 0 Å². The van der Waals surface area contributed by atoms with E-state index in [9.17, 15) is 9.90 Å². The van der Waals surface area contributed by atoms with Gasteiger partial charge in [-0.3, -0.25) is 9.36 Å². The standard InChI is InChI=1S/C20H22N2O2S/c1-13-8-7-9-14(2)17(13)22-18(23)15-10-5-6-11-16(15)21-19(22)25-12-20(3,4)24/h5-11,24H,12H2,1-4H3. The van der Waals surface area contributed by atoms with Gasteiger partial charge in [-0.2, -0.15) is 0 Å². The lowest BCUT2D eigenvalue weighted by molar-refractivity contribution is 0.107. The van der Waals surface area contributed by atoms with E-state index < -0.39 is 5.60 Å². The van der Waals surface area contributed by atoms with Crippen molar-refractivity contribution in [2.75, 3.05) is 5.75 Å². The van der Waals surface area contributed by atoms with E-state index in [0.717, 1.165) is 16.8 Å². The molecule has 2 aromatic carbocycles. The lowest BCUT2D eigenvalue weighted by Gasteiger charge is -2.20. The molecule has 0 saturated heterocycles. The van der Waals surface area contributed by atoms with E-state index in [0.29, 0.717) is 21.8 Å².